The molecule has 11 nitrogen and oxygen atoms in total. The SMILES string of the molecule is CCCCCC/C=C\CCCCCCCC(=O)OC(CO)COP(=O)(O)OCC(COC(=O)CCCCCCCCCCCCCCCCCCCCC)OC(=O)CCCCCCCCC/C=C\CCCCCCCC. The fourth-order valence-corrected chi connectivity index (χ4v) is 10.2. The minimum Gasteiger partial charge on any atom is -0.462 e. The number of hydrogen-bond donors (Lipinski definition) is 2. The molecule has 0 fully saturated rings. The van der Waals surface area contributed by atoms with E-state index >= 15 is 0 Å². The van der Waals surface area contributed by atoms with Crippen molar-refractivity contribution in [1.82, 2.24) is 0 Å². The number of rotatable bonds is 61. The van der Waals surface area contributed by atoms with Gasteiger partial charge in [-0.3, -0.25) is 23.4 Å². The van der Waals surface area contributed by atoms with Crippen molar-refractivity contribution in [2.75, 3.05) is 26.4 Å². The third-order valence-electron chi connectivity index (χ3n) is 14.3. The van der Waals surface area contributed by atoms with E-state index in [4.69, 9.17) is 23.3 Å². The van der Waals surface area contributed by atoms with Crippen molar-refractivity contribution in [1.29, 1.82) is 0 Å². The molecular weight excluding hydrogens is 976 g/mol. The Labute approximate surface area is 468 Å². The highest BCUT2D eigenvalue weighted by atomic mass is 31.2. The minimum absolute atomic E-state index is 0.168. The van der Waals surface area contributed by atoms with Gasteiger partial charge in [-0.05, 0) is 70.6 Å². The normalized spacial score (nSPS) is 13.4. The lowest BCUT2D eigenvalue weighted by Gasteiger charge is -2.21. The first kappa shape index (κ1) is 74.0. The van der Waals surface area contributed by atoms with Crippen molar-refractivity contribution in [3.05, 3.63) is 24.3 Å². The number of phosphoric acid groups is 1. The number of aliphatic hydroxyl groups is 1. The summed E-state index contributed by atoms with van der Waals surface area (Å²) in [6.45, 7) is 4.69. The molecule has 0 aromatic heterocycles. The van der Waals surface area contributed by atoms with Gasteiger partial charge in [0, 0.05) is 19.3 Å². The highest BCUT2D eigenvalue weighted by Crippen LogP contribution is 2.43. The molecule has 3 atom stereocenters. The first-order chi connectivity index (χ1) is 37.2. The summed E-state index contributed by atoms with van der Waals surface area (Å²) in [5.41, 5.74) is 0. The van der Waals surface area contributed by atoms with Crippen LogP contribution in [0, 0.1) is 0 Å². The first-order valence-corrected chi connectivity index (χ1v) is 33.7. The summed E-state index contributed by atoms with van der Waals surface area (Å²) >= 11 is 0. The van der Waals surface area contributed by atoms with E-state index in [1.54, 1.807) is 0 Å². The van der Waals surface area contributed by atoms with Gasteiger partial charge in [-0.2, -0.15) is 0 Å². The van der Waals surface area contributed by atoms with Gasteiger partial charge >= 0.3 is 25.7 Å². The Hall–Kier alpha value is -2.04. The molecule has 0 aromatic carbocycles. The number of hydrogen-bond acceptors (Lipinski definition) is 10. The van der Waals surface area contributed by atoms with Crippen molar-refractivity contribution in [2.24, 2.45) is 0 Å². The summed E-state index contributed by atoms with van der Waals surface area (Å²) in [5.74, 6) is -1.45. The Morgan fingerprint density at radius 1 is 0.355 bits per heavy atom. The van der Waals surface area contributed by atoms with Gasteiger partial charge in [-0.1, -0.05) is 263 Å². The van der Waals surface area contributed by atoms with E-state index in [-0.39, 0.29) is 25.9 Å². The summed E-state index contributed by atoms with van der Waals surface area (Å²) < 4.78 is 39.7. The molecular formula is C64H121O11P. The van der Waals surface area contributed by atoms with Gasteiger partial charge in [-0.25, -0.2) is 4.57 Å². The molecule has 12 heteroatoms. The number of allylic oxidation sites excluding steroid dienone is 4. The monoisotopic (exact) mass is 1100 g/mol. The molecule has 0 aliphatic carbocycles. The number of unbranched alkanes of at least 4 members (excludes halogenated alkanes) is 40. The topological polar surface area (TPSA) is 155 Å². The lowest BCUT2D eigenvalue weighted by Crippen LogP contribution is -2.30. The predicted molar refractivity (Wildman–Crippen MR) is 316 cm³/mol. The van der Waals surface area contributed by atoms with E-state index in [0.717, 1.165) is 83.5 Å². The maximum absolute atomic E-state index is 12.9. The third kappa shape index (κ3) is 56.7. The van der Waals surface area contributed by atoms with Crippen LogP contribution in [0.3, 0.4) is 0 Å². The zero-order chi connectivity index (χ0) is 55.5. The average molecular weight is 1100 g/mol. The molecule has 448 valence electrons. The van der Waals surface area contributed by atoms with E-state index in [0.29, 0.717) is 19.3 Å². The summed E-state index contributed by atoms with van der Waals surface area (Å²) in [7, 11) is -4.75. The summed E-state index contributed by atoms with van der Waals surface area (Å²) in [6, 6.07) is 0. The Kier molecular flexibility index (Phi) is 57.5. The van der Waals surface area contributed by atoms with Crippen LogP contribution in [-0.2, 0) is 42.2 Å². The largest absolute Gasteiger partial charge is 0.472 e. The van der Waals surface area contributed by atoms with Crippen molar-refractivity contribution >= 4 is 25.7 Å². The molecule has 0 amide bonds. The molecule has 0 aromatic rings. The molecule has 0 rings (SSSR count). The number of carbonyl (C=O) groups excluding carboxylic acids is 3. The van der Waals surface area contributed by atoms with Gasteiger partial charge in [0.05, 0.1) is 19.8 Å². The minimum atomic E-state index is -4.75. The molecule has 0 aliphatic rings. The predicted octanol–water partition coefficient (Wildman–Crippen LogP) is 19.4. The van der Waals surface area contributed by atoms with Crippen molar-refractivity contribution in [3.8, 4) is 0 Å². The maximum Gasteiger partial charge on any atom is 0.472 e. The third-order valence-corrected chi connectivity index (χ3v) is 15.3. The van der Waals surface area contributed by atoms with Crippen LogP contribution in [0.4, 0.5) is 0 Å². The van der Waals surface area contributed by atoms with E-state index in [9.17, 15) is 28.9 Å². The number of phosphoric ester groups is 1. The molecule has 0 aliphatic heterocycles. The zero-order valence-corrected chi connectivity index (χ0v) is 50.6. The zero-order valence-electron chi connectivity index (χ0n) is 49.7. The number of esters is 3. The number of ether oxygens (including phenoxy) is 3. The van der Waals surface area contributed by atoms with Crippen LogP contribution in [0.25, 0.3) is 0 Å². The van der Waals surface area contributed by atoms with Gasteiger partial charge < -0.3 is 24.2 Å². The van der Waals surface area contributed by atoms with Gasteiger partial charge in [0.2, 0.25) is 0 Å². The van der Waals surface area contributed by atoms with Crippen LogP contribution in [0.5, 0.6) is 0 Å². The lowest BCUT2D eigenvalue weighted by molar-refractivity contribution is -0.161. The van der Waals surface area contributed by atoms with Gasteiger partial charge in [0.25, 0.3) is 0 Å². The van der Waals surface area contributed by atoms with Crippen molar-refractivity contribution in [3.63, 3.8) is 0 Å². The molecule has 0 spiro atoms. The fourth-order valence-electron chi connectivity index (χ4n) is 9.41. The molecule has 0 saturated carbocycles. The van der Waals surface area contributed by atoms with Crippen molar-refractivity contribution in [2.45, 2.75) is 341 Å². The molecule has 2 N–H and O–H groups in total. The van der Waals surface area contributed by atoms with Gasteiger partial charge in [-0.15, -0.1) is 0 Å². The Morgan fingerprint density at radius 3 is 0.921 bits per heavy atom. The van der Waals surface area contributed by atoms with E-state index in [1.807, 2.05) is 0 Å². The summed E-state index contributed by atoms with van der Waals surface area (Å²) in [5, 5.41) is 9.83. The summed E-state index contributed by atoms with van der Waals surface area (Å²) in [4.78, 5) is 48.7. The Morgan fingerprint density at radius 2 is 0.605 bits per heavy atom. The second-order valence-electron chi connectivity index (χ2n) is 21.9. The first-order valence-electron chi connectivity index (χ1n) is 32.2. The average Bonchev–Trinajstić information content (AvgIpc) is 3.41. The van der Waals surface area contributed by atoms with Crippen LogP contribution < -0.4 is 0 Å². The van der Waals surface area contributed by atoms with E-state index in [1.165, 1.54) is 186 Å². The van der Waals surface area contributed by atoms with Crippen LogP contribution >= 0.6 is 7.82 Å². The second-order valence-corrected chi connectivity index (χ2v) is 23.4. The highest BCUT2D eigenvalue weighted by Gasteiger charge is 2.28. The molecule has 76 heavy (non-hydrogen) atoms. The van der Waals surface area contributed by atoms with Gasteiger partial charge in [0.1, 0.15) is 12.7 Å². The Balaban J connectivity index is 4.66. The lowest BCUT2D eigenvalue weighted by atomic mass is 10.0. The Bertz CT molecular complexity index is 1370. The smallest absolute Gasteiger partial charge is 0.462 e. The fraction of sp³-hybridized carbons (Fsp3) is 0.891. The standard InChI is InChI=1S/C64H121O11P/c1-4-7-10-13-16-19-22-25-27-29-30-32-33-36-38-41-44-47-50-53-62(66)71-57-61(75-64(68)55-52-49-46-43-40-37-34-31-28-26-23-20-17-14-11-8-5-2)59-73-76(69,70)72-58-60(56-65)74-63(67)54-51-48-45-42-39-35-24-21-18-15-12-9-6-3/h21,24,26,28,60-61,65H,4-20,22-23,25,27,29-59H2,1-3H3,(H,69,70)/b24-21-,28-26-. The highest BCUT2D eigenvalue weighted by molar-refractivity contribution is 7.47. The van der Waals surface area contributed by atoms with Crippen LogP contribution in [0.2, 0.25) is 0 Å². The van der Waals surface area contributed by atoms with Crippen LogP contribution in [0.15, 0.2) is 24.3 Å². The molecule has 0 saturated heterocycles. The molecule has 0 bridgehead atoms. The maximum atomic E-state index is 12.9. The van der Waals surface area contributed by atoms with Crippen molar-refractivity contribution < 1.29 is 52.2 Å². The number of carbonyl (C=O) groups is 3. The molecule has 0 heterocycles. The summed E-state index contributed by atoms with van der Waals surface area (Å²) in [6.07, 6.45) is 61.3. The van der Waals surface area contributed by atoms with E-state index < -0.39 is 57.8 Å². The molecule has 3 unspecified atom stereocenters. The van der Waals surface area contributed by atoms with E-state index in [2.05, 4.69) is 45.1 Å². The van der Waals surface area contributed by atoms with Crippen LogP contribution in [-0.4, -0.2) is 66.5 Å². The second kappa shape index (κ2) is 59.1. The molecule has 0 radical (unpaired) electrons. The van der Waals surface area contributed by atoms with Gasteiger partial charge in [0.15, 0.2) is 6.10 Å². The number of aliphatic hydroxyl groups excluding tert-OH is 1. The van der Waals surface area contributed by atoms with Crippen LogP contribution in [0.1, 0.15) is 329 Å². The quantitative estimate of drug-likeness (QED) is 0.0197.